The second kappa shape index (κ2) is 7.61. The lowest BCUT2D eigenvalue weighted by Crippen LogP contribution is -2.05. The molecule has 2 heterocycles. The first-order chi connectivity index (χ1) is 12.2. The van der Waals surface area contributed by atoms with Gasteiger partial charge in [-0.05, 0) is 29.8 Å². The molecule has 0 bridgehead atoms. The molecule has 6 nitrogen and oxygen atoms in total. The first-order valence-corrected chi connectivity index (χ1v) is 7.84. The van der Waals surface area contributed by atoms with Crippen LogP contribution in [0.5, 0.6) is 11.5 Å². The first-order valence-electron chi connectivity index (χ1n) is 7.84. The number of carbonyl (C=O) groups excluding carboxylic acids is 1. The highest BCUT2D eigenvalue weighted by molar-refractivity contribution is 5.97. The topological polar surface area (TPSA) is 66.2 Å². The number of ketones is 1. The second-order valence-corrected chi connectivity index (χ2v) is 5.57. The summed E-state index contributed by atoms with van der Waals surface area (Å²) in [6.07, 6.45) is 7.39. The molecule has 0 amide bonds. The molecule has 0 fully saturated rings. The van der Waals surface area contributed by atoms with Gasteiger partial charge >= 0.3 is 0 Å². The smallest absolute Gasteiger partial charge is 0.169 e. The summed E-state index contributed by atoms with van der Waals surface area (Å²) in [6, 6.07) is 9.05. The van der Waals surface area contributed by atoms with Crippen molar-refractivity contribution in [2.24, 2.45) is 0 Å². The molecule has 0 aliphatic heterocycles. The molecule has 0 N–H and O–H groups in total. The third-order valence-corrected chi connectivity index (χ3v) is 3.82. The minimum atomic E-state index is -0.0208. The molecule has 0 spiro atoms. The summed E-state index contributed by atoms with van der Waals surface area (Å²) >= 11 is 0. The fourth-order valence-corrected chi connectivity index (χ4v) is 2.56. The lowest BCUT2D eigenvalue weighted by atomic mass is 10.1. The molecular weight excluding hydrogens is 318 g/mol. The lowest BCUT2D eigenvalue weighted by molar-refractivity contribution is 0.0991. The molecular formula is C19H19N3O3. The van der Waals surface area contributed by atoms with Gasteiger partial charge in [-0.1, -0.05) is 6.07 Å². The van der Waals surface area contributed by atoms with Gasteiger partial charge in [-0.15, -0.1) is 0 Å². The highest BCUT2D eigenvalue weighted by Gasteiger charge is 2.13. The minimum absolute atomic E-state index is 0.0208. The van der Waals surface area contributed by atoms with Gasteiger partial charge in [0.05, 0.1) is 39.2 Å². The van der Waals surface area contributed by atoms with Crippen molar-refractivity contribution in [3.63, 3.8) is 0 Å². The van der Waals surface area contributed by atoms with Gasteiger partial charge in [-0.25, -0.2) is 4.98 Å². The Balaban J connectivity index is 1.69. The number of methoxy groups -OCH3 is 2. The van der Waals surface area contributed by atoms with Crippen LogP contribution >= 0.6 is 0 Å². The summed E-state index contributed by atoms with van der Waals surface area (Å²) in [5.41, 5.74) is 2.38. The molecule has 0 unspecified atom stereocenters. The van der Waals surface area contributed by atoms with Crippen LogP contribution < -0.4 is 9.47 Å². The quantitative estimate of drug-likeness (QED) is 0.620. The molecule has 6 heteroatoms. The molecule has 0 radical (unpaired) electrons. The predicted octanol–water partition coefficient (Wildman–Crippen LogP) is 2.77. The van der Waals surface area contributed by atoms with Crippen LogP contribution in [-0.2, 0) is 13.0 Å². The maximum Gasteiger partial charge on any atom is 0.169 e. The normalized spacial score (nSPS) is 10.5. The number of benzene rings is 1. The van der Waals surface area contributed by atoms with Crippen molar-refractivity contribution in [1.82, 2.24) is 14.5 Å². The number of imidazole rings is 1. The summed E-state index contributed by atoms with van der Waals surface area (Å²) in [6.45, 7) is 0.672. The van der Waals surface area contributed by atoms with Gasteiger partial charge in [0.15, 0.2) is 17.3 Å². The van der Waals surface area contributed by atoms with E-state index in [9.17, 15) is 4.79 Å². The van der Waals surface area contributed by atoms with Crippen molar-refractivity contribution in [1.29, 1.82) is 0 Å². The Kier molecular flexibility index (Phi) is 5.09. The van der Waals surface area contributed by atoms with Gasteiger partial charge in [-0.2, -0.15) is 0 Å². The molecule has 2 aromatic heterocycles. The average molecular weight is 337 g/mol. The van der Waals surface area contributed by atoms with Crippen molar-refractivity contribution >= 4 is 5.78 Å². The first kappa shape index (κ1) is 16.7. The molecule has 25 heavy (non-hydrogen) atoms. The van der Waals surface area contributed by atoms with E-state index in [1.54, 1.807) is 44.9 Å². The van der Waals surface area contributed by atoms with Crippen molar-refractivity contribution in [3.05, 3.63) is 72.1 Å². The average Bonchev–Trinajstić information content (AvgIpc) is 3.08. The van der Waals surface area contributed by atoms with Crippen LogP contribution in [0.15, 0.2) is 55.2 Å². The molecule has 0 saturated carbocycles. The summed E-state index contributed by atoms with van der Waals surface area (Å²) in [5.74, 6) is 1.11. The highest BCUT2D eigenvalue weighted by atomic mass is 16.5. The van der Waals surface area contributed by atoms with Gasteiger partial charge in [0.2, 0.25) is 0 Å². The van der Waals surface area contributed by atoms with Crippen LogP contribution in [0.2, 0.25) is 0 Å². The van der Waals surface area contributed by atoms with E-state index in [0.29, 0.717) is 23.6 Å². The van der Waals surface area contributed by atoms with Crippen LogP contribution in [-0.4, -0.2) is 34.5 Å². The zero-order valence-corrected chi connectivity index (χ0v) is 14.2. The molecule has 128 valence electrons. The van der Waals surface area contributed by atoms with Gasteiger partial charge in [-0.3, -0.25) is 9.78 Å². The van der Waals surface area contributed by atoms with Gasteiger partial charge < -0.3 is 14.0 Å². The Hall–Kier alpha value is -3.15. The number of rotatable bonds is 7. The van der Waals surface area contributed by atoms with E-state index in [1.807, 2.05) is 29.1 Å². The minimum Gasteiger partial charge on any atom is -0.493 e. The summed E-state index contributed by atoms with van der Waals surface area (Å²) in [5, 5.41) is 0. The maximum absolute atomic E-state index is 12.5. The van der Waals surface area contributed by atoms with Crippen molar-refractivity contribution in [2.45, 2.75) is 13.0 Å². The number of carbonyl (C=O) groups is 1. The number of hydrogen-bond donors (Lipinski definition) is 0. The molecule has 3 aromatic rings. The van der Waals surface area contributed by atoms with Gasteiger partial charge in [0.25, 0.3) is 0 Å². The number of hydrogen-bond acceptors (Lipinski definition) is 5. The van der Waals surface area contributed by atoms with E-state index in [4.69, 9.17) is 9.47 Å². The zero-order chi connectivity index (χ0) is 17.6. The number of pyridine rings is 1. The molecule has 3 rings (SSSR count). The van der Waals surface area contributed by atoms with Crippen LogP contribution in [0.3, 0.4) is 0 Å². The third kappa shape index (κ3) is 4.03. The molecule has 1 aromatic carbocycles. The summed E-state index contributed by atoms with van der Waals surface area (Å²) in [7, 11) is 3.11. The monoisotopic (exact) mass is 337 g/mol. The van der Waals surface area contributed by atoms with Crippen molar-refractivity contribution < 1.29 is 14.3 Å². The standard InChI is InChI=1S/C19H19N3O3/c1-24-18-6-5-15(8-19(18)25-2)17(23)9-16-12-22(13-21-16)11-14-4-3-7-20-10-14/h3-8,10,12-13H,9,11H2,1-2H3. The Morgan fingerprint density at radius 2 is 2.00 bits per heavy atom. The molecule has 0 aliphatic carbocycles. The van der Waals surface area contributed by atoms with E-state index in [0.717, 1.165) is 11.3 Å². The Morgan fingerprint density at radius 3 is 2.72 bits per heavy atom. The van der Waals surface area contributed by atoms with E-state index in [1.165, 1.54) is 0 Å². The fraction of sp³-hybridized carbons (Fsp3) is 0.211. The Morgan fingerprint density at radius 1 is 1.16 bits per heavy atom. The summed E-state index contributed by atoms with van der Waals surface area (Å²) < 4.78 is 12.4. The van der Waals surface area contributed by atoms with Crippen LogP contribution in [0.4, 0.5) is 0 Å². The van der Waals surface area contributed by atoms with E-state index in [2.05, 4.69) is 9.97 Å². The SMILES string of the molecule is COc1ccc(C(=O)Cc2cn(Cc3cccnc3)cn2)cc1OC. The number of aromatic nitrogens is 3. The Labute approximate surface area is 146 Å². The third-order valence-electron chi connectivity index (χ3n) is 3.82. The zero-order valence-electron chi connectivity index (χ0n) is 14.2. The molecule has 0 saturated heterocycles. The maximum atomic E-state index is 12.5. The second-order valence-electron chi connectivity index (χ2n) is 5.57. The summed E-state index contributed by atoms with van der Waals surface area (Å²) in [4.78, 5) is 20.9. The van der Waals surface area contributed by atoms with E-state index < -0.39 is 0 Å². The van der Waals surface area contributed by atoms with Crippen LogP contribution in [0.25, 0.3) is 0 Å². The molecule has 0 atom stereocenters. The Bertz CT molecular complexity index is 859. The molecule has 0 aliphatic rings. The fourth-order valence-electron chi connectivity index (χ4n) is 2.56. The van der Waals surface area contributed by atoms with Gasteiger partial charge in [0.1, 0.15) is 0 Å². The van der Waals surface area contributed by atoms with E-state index >= 15 is 0 Å². The number of ether oxygens (including phenoxy) is 2. The van der Waals surface area contributed by atoms with Crippen LogP contribution in [0, 0.1) is 0 Å². The number of nitrogens with zero attached hydrogens (tertiary/aromatic N) is 3. The largest absolute Gasteiger partial charge is 0.493 e. The number of Topliss-reactive ketones (excluding diaryl/α,β-unsaturated/α-hetero) is 1. The van der Waals surface area contributed by atoms with Crippen molar-refractivity contribution in [2.75, 3.05) is 14.2 Å². The van der Waals surface area contributed by atoms with E-state index in [-0.39, 0.29) is 12.2 Å². The predicted molar refractivity (Wildman–Crippen MR) is 93.1 cm³/mol. The van der Waals surface area contributed by atoms with Crippen LogP contribution in [0.1, 0.15) is 21.6 Å². The highest BCUT2D eigenvalue weighted by Crippen LogP contribution is 2.28. The van der Waals surface area contributed by atoms with Gasteiger partial charge in [0, 0.05) is 24.2 Å². The van der Waals surface area contributed by atoms with Crippen molar-refractivity contribution in [3.8, 4) is 11.5 Å². The lowest BCUT2D eigenvalue weighted by Gasteiger charge is -2.08.